The number of fused-ring (bicyclic) bond motifs is 1. The second-order valence-electron chi connectivity index (χ2n) is 6.13. The van der Waals surface area contributed by atoms with E-state index in [0.717, 1.165) is 34.3 Å². The molecule has 22 heavy (non-hydrogen) atoms. The summed E-state index contributed by atoms with van der Waals surface area (Å²) < 4.78 is 3.96. The van der Waals surface area contributed by atoms with Crippen molar-refractivity contribution in [1.29, 1.82) is 0 Å². The van der Waals surface area contributed by atoms with Crippen molar-refractivity contribution in [2.75, 3.05) is 0 Å². The summed E-state index contributed by atoms with van der Waals surface area (Å²) in [4.78, 5) is 0. The molecular weight excluding hydrogens is 276 g/mol. The van der Waals surface area contributed by atoms with E-state index in [4.69, 9.17) is 5.10 Å². The Balaban J connectivity index is 2.14. The van der Waals surface area contributed by atoms with E-state index in [1.807, 2.05) is 23.0 Å². The van der Waals surface area contributed by atoms with Crippen LogP contribution in [0.25, 0.3) is 10.9 Å². The summed E-state index contributed by atoms with van der Waals surface area (Å²) in [5.74, 6) is 0.512. The maximum absolute atomic E-state index is 9.52. The molecule has 1 aromatic carbocycles. The normalized spacial score (nSPS) is 11.7. The van der Waals surface area contributed by atoms with E-state index >= 15 is 0 Å². The number of hydrogen-bond acceptors (Lipinski definition) is 3. The number of benzene rings is 1. The van der Waals surface area contributed by atoms with Crippen molar-refractivity contribution < 1.29 is 5.11 Å². The Kier molecular flexibility index (Phi) is 3.98. The van der Waals surface area contributed by atoms with Gasteiger partial charge in [-0.05, 0) is 30.0 Å². The lowest BCUT2D eigenvalue weighted by atomic mass is 10.0. The average molecular weight is 298 g/mol. The Morgan fingerprint density at radius 1 is 1.27 bits per heavy atom. The predicted octanol–water partition coefficient (Wildman–Crippen LogP) is 2.74. The Hall–Kier alpha value is -2.14. The molecule has 0 spiro atoms. The third-order valence-corrected chi connectivity index (χ3v) is 3.93. The minimum absolute atomic E-state index is 0.0587. The maximum Gasteiger partial charge on any atom is 0.0918 e. The van der Waals surface area contributed by atoms with Crippen LogP contribution < -0.4 is 0 Å². The first-order valence-electron chi connectivity index (χ1n) is 7.66. The third-order valence-electron chi connectivity index (χ3n) is 3.93. The van der Waals surface area contributed by atoms with Crippen LogP contribution in [0.3, 0.4) is 0 Å². The first kappa shape index (κ1) is 14.8. The fourth-order valence-electron chi connectivity index (χ4n) is 2.87. The molecule has 0 aliphatic rings. The second-order valence-corrected chi connectivity index (χ2v) is 6.13. The highest BCUT2D eigenvalue weighted by Gasteiger charge is 2.15. The van der Waals surface area contributed by atoms with Gasteiger partial charge in [0.15, 0.2) is 0 Å². The molecule has 2 aromatic heterocycles. The summed E-state index contributed by atoms with van der Waals surface area (Å²) in [6.45, 7) is 8.02. The molecule has 0 unspecified atom stereocenters. The van der Waals surface area contributed by atoms with Gasteiger partial charge in [0.1, 0.15) is 0 Å². The summed E-state index contributed by atoms with van der Waals surface area (Å²) in [6, 6.07) is 5.98. The van der Waals surface area contributed by atoms with Crippen LogP contribution in [0.4, 0.5) is 0 Å². The van der Waals surface area contributed by atoms with Gasteiger partial charge in [-0.1, -0.05) is 26.0 Å². The van der Waals surface area contributed by atoms with Crippen LogP contribution in [0.5, 0.6) is 0 Å². The molecule has 0 aliphatic carbocycles. The van der Waals surface area contributed by atoms with Crippen molar-refractivity contribution in [1.82, 2.24) is 19.6 Å². The van der Waals surface area contributed by atoms with Gasteiger partial charge in [0.05, 0.1) is 24.4 Å². The molecular formula is C17H22N4O. The van der Waals surface area contributed by atoms with Crippen LogP contribution in [0, 0.1) is 12.8 Å². The monoisotopic (exact) mass is 298 g/mol. The number of nitrogens with zero attached hydrogens (tertiary/aromatic N) is 4. The smallest absolute Gasteiger partial charge is 0.0918 e. The zero-order chi connectivity index (χ0) is 15.7. The average Bonchev–Trinajstić information content (AvgIpc) is 3.08. The summed E-state index contributed by atoms with van der Waals surface area (Å²) in [6.07, 6.45) is 3.73. The van der Waals surface area contributed by atoms with E-state index in [1.165, 1.54) is 0 Å². The van der Waals surface area contributed by atoms with Crippen LogP contribution in [-0.2, 0) is 19.7 Å². The quantitative estimate of drug-likeness (QED) is 0.788. The Bertz CT molecular complexity index is 772. The third kappa shape index (κ3) is 2.64. The van der Waals surface area contributed by atoms with Crippen molar-refractivity contribution in [2.24, 2.45) is 5.92 Å². The number of aliphatic hydroxyl groups is 1. The highest BCUT2D eigenvalue weighted by molar-refractivity contribution is 5.86. The SMILES string of the molecule is Cc1c(CO)ccc2c(Cn3cccn3)nn(CC(C)C)c12. The van der Waals surface area contributed by atoms with Crippen LogP contribution in [0.1, 0.15) is 30.7 Å². The summed E-state index contributed by atoms with van der Waals surface area (Å²) in [7, 11) is 0. The van der Waals surface area contributed by atoms with E-state index in [9.17, 15) is 5.11 Å². The molecule has 5 nitrogen and oxygen atoms in total. The van der Waals surface area contributed by atoms with Gasteiger partial charge < -0.3 is 5.11 Å². The van der Waals surface area contributed by atoms with Gasteiger partial charge in [-0.3, -0.25) is 9.36 Å². The lowest BCUT2D eigenvalue weighted by molar-refractivity contribution is 0.281. The Morgan fingerprint density at radius 2 is 2.09 bits per heavy atom. The molecule has 3 aromatic rings. The van der Waals surface area contributed by atoms with Crippen molar-refractivity contribution >= 4 is 10.9 Å². The van der Waals surface area contributed by atoms with Gasteiger partial charge in [0.25, 0.3) is 0 Å². The lowest BCUT2D eigenvalue weighted by Gasteiger charge is -2.10. The molecule has 0 amide bonds. The molecule has 0 radical (unpaired) electrons. The molecule has 1 N–H and O–H groups in total. The predicted molar refractivity (Wildman–Crippen MR) is 86.6 cm³/mol. The van der Waals surface area contributed by atoms with E-state index < -0.39 is 0 Å². The fraction of sp³-hybridized carbons (Fsp3) is 0.412. The largest absolute Gasteiger partial charge is 0.392 e. The molecule has 116 valence electrons. The van der Waals surface area contributed by atoms with Crippen molar-refractivity contribution in [3.63, 3.8) is 0 Å². The van der Waals surface area contributed by atoms with E-state index in [-0.39, 0.29) is 6.61 Å². The number of aliphatic hydroxyl groups excluding tert-OH is 1. The molecule has 0 fully saturated rings. The first-order chi connectivity index (χ1) is 10.6. The van der Waals surface area contributed by atoms with Crippen LogP contribution in [-0.4, -0.2) is 24.7 Å². The molecule has 0 bridgehead atoms. The zero-order valence-corrected chi connectivity index (χ0v) is 13.3. The van der Waals surface area contributed by atoms with Gasteiger partial charge in [0.2, 0.25) is 0 Å². The van der Waals surface area contributed by atoms with E-state index in [0.29, 0.717) is 12.5 Å². The van der Waals surface area contributed by atoms with E-state index in [1.54, 1.807) is 6.20 Å². The van der Waals surface area contributed by atoms with Crippen LogP contribution in [0.15, 0.2) is 30.6 Å². The molecule has 3 rings (SSSR count). The van der Waals surface area contributed by atoms with Gasteiger partial charge in [-0.25, -0.2) is 0 Å². The van der Waals surface area contributed by atoms with Gasteiger partial charge in [0, 0.05) is 24.3 Å². The topological polar surface area (TPSA) is 55.9 Å². The maximum atomic E-state index is 9.52. The fourth-order valence-corrected chi connectivity index (χ4v) is 2.87. The van der Waals surface area contributed by atoms with Crippen molar-refractivity contribution in [2.45, 2.75) is 40.5 Å². The van der Waals surface area contributed by atoms with Gasteiger partial charge in [-0.2, -0.15) is 10.2 Å². The lowest BCUT2D eigenvalue weighted by Crippen LogP contribution is -2.08. The summed E-state index contributed by atoms with van der Waals surface area (Å²) in [5.41, 5.74) is 4.22. The zero-order valence-electron chi connectivity index (χ0n) is 13.3. The van der Waals surface area contributed by atoms with Crippen LogP contribution in [0.2, 0.25) is 0 Å². The number of hydrogen-bond donors (Lipinski definition) is 1. The Labute approximate surface area is 130 Å². The van der Waals surface area contributed by atoms with Crippen LogP contribution >= 0.6 is 0 Å². The highest BCUT2D eigenvalue weighted by Crippen LogP contribution is 2.26. The molecule has 0 saturated carbocycles. The molecule has 5 heteroatoms. The van der Waals surface area contributed by atoms with Crippen molar-refractivity contribution in [3.05, 3.63) is 47.4 Å². The number of aromatic nitrogens is 4. The first-order valence-corrected chi connectivity index (χ1v) is 7.66. The highest BCUT2D eigenvalue weighted by atomic mass is 16.3. The van der Waals surface area contributed by atoms with Gasteiger partial charge >= 0.3 is 0 Å². The number of aryl methyl sites for hydroxylation is 1. The molecule has 2 heterocycles. The molecule has 0 saturated heterocycles. The minimum Gasteiger partial charge on any atom is -0.392 e. The minimum atomic E-state index is 0.0587. The standard InChI is InChI=1S/C17H22N4O/c1-12(2)9-21-17-13(3)14(11-22)5-6-15(17)16(19-21)10-20-8-4-7-18-20/h4-8,12,22H,9-11H2,1-3H3. The second kappa shape index (κ2) is 5.93. The molecule has 0 atom stereocenters. The summed E-state index contributed by atoms with van der Waals surface area (Å²) >= 11 is 0. The van der Waals surface area contributed by atoms with Crippen molar-refractivity contribution in [3.8, 4) is 0 Å². The number of rotatable bonds is 5. The van der Waals surface area contributed by atoms with E-state index in [2.05, 4.69) is 36.6 Å². The molecule has 0 aliphatic heterocycles. The Morgan fingerprint density at radius 3 is 2.73 bits per heavy atom. The van der Waals surface area contributed by atoms with Gasteiger partial charge in [-0.15, -0.1) is 0 Å². The summed E-state index contributed by atoms with van der Waals surface area (Å²) in [5, 5.41) is 19.8.